The largest absolute Gasteiger partial charge is 1.00 e. The molecule has 0 bridgehead atoms. The summed E-state index contributed by atoms with van der Waals surface area (Å²) in [5.41, 5.74) is 2.62. The molecule has 2 aromatic rings. The monoisotopic (exact) mass is 394 g/mol. The van der Waals surface area contributed by atoms with Crippen LogP contribution in [0.2, 0.25) is 10.0 Å². The average Bonchev–Trinajstić information content (AvgIpc) is 2.82. The molecule has 0 aliphatic heterocycles. The Kier molecular flexibility index (Phi) is 7.63. The average molecular weight is 396 g/mol. The summed E-state index contributed by atoms with van der Waals surface area (Å²) in [6.45, 7) is 0. The molecule has 0 aromatic heterocycles. The van der Waals surface area contributed by atoms with E-state index in [0.29, 0.717) is 20.0 Å². The summed E-state index contributed by atoms with van der Waals surface area (Å²) in [5.74, 6) is 0.614. The van der Waals surface area contributed by atoms with E-state index >= 15 is 0 Å². The van der Waals surface area contributed by atoms with Crippen molar-refractivity contribution in [2.45, 2.75) is 4.22 Å². The Morgan fingerprint density at radius 2 is 1.57 bits per heavy atom. The van der Waals surface area contributed by atoms with Gasteiger partial charge in [0, 0.05) is 0 Å². The number of para-hydroxylation sites is 1. The zero-order chi connectivity index (χ0) is 13.2. The Morgan fingerprint density at radius 3 is 2.29 bits per heavy atom. The predicted octanol–water partition coefficient (Wildman–Crippen LogP) is -0.854. The van der Waals surface area contributed by atoms with Crippen molar-refractivity contribution in [1.29, 1.82) is 0 Å². The first-order valence-electron chi connectivity index (χ1n) is 5.89. The summed E-state index contributed by atoms with van der Waals surface area (Å²) in [7, 11) is 0. The fourth-order valence-corrected chi connectivity index (χ4v) is 4.34. The van der Waals surface area contributed by atoms with Gasteiger partial charge >= 0.3 is 132 Å². The van der Waals surface area contributed by atoms with Crippen LogP contribution in [0.25, 0.3) is 6.08 Å². The van der Waals surface area contributed by atoms with Gasteiger partial charge in [-0.25, -0.2) is 0 Å². The van der Waals surface area contributed by atoms with Gasteiger partial charge in [0.05, 0.1) is 0 Å². The van der Waals surface area contributed by atoms with E-state index in [1.807, 2.05) is 6.07 Å². The second-order valence-corrected chi connectivity index (χ2v) is 6.71. The molecule has 3 rings (SSSR count). The van der Waals surface area contributed by atoms with Crippen LogP contribution in [0.4, 0.5) is 0 Å². The Labute approximate surface area is 155 Å². The van der Waals surface area contributed by atoms with Gasteiger partial charge in [-0.2, -0.15) is 0 Å². The molecule has 6 heteroatoms. The van der Waals surface area contributed by atoms with Gasteiger partial charge in [0.2, 0.25) is 0 Å². The minimum atomic E-state index is -0.682. The van der Waals surface area contributed by atoms with Crippen molar-refractivity contribution >= 4 is 29.3 Å². The molecule has 0 spiro atoms. The van der Waals surface area contributed by atoms with Crippen LogP contribution < -0.4 is 28.1 Å². The normalized spacial score (nSPS) is 14.5. The van der Waals surface area contributed by atoms with Gasteiger partial charge in [-0.05, 0) is 0 Å². The van der Waals surface area contributed by atoms with E-state index in [2.05, 4.69) is 36.4 Å². The predicted molar refractivity (Wildman–Crippen MR) is 75.3 cm³/mol. The van der Waals surface area contributed by atoms with Gasteiger partial charge < -0.3 is 24.8 Å². The van der Waals surface area contributed by atoms with Crippen molar-refractivity contribution in [1.82, 2.24) is 0 Å². The zero-order valence-corrected chi connectivity index (χ0v) is 15.3. The fourth-order valence-electron chi connectivity index (χ4n) is 2.05. The molecule has 1 unspecified atom stereocenters. The smallest absolute Gasteiger partial charge is 1.00 e. The number of rotatable bonds is 3. The Hall–Kier alpha value is -0.146. The topological polar surface area (TPSA) is 9.23 Å². The molecule has 0 radical (unpaired) electrons. The maximum atomic E-state index is 6.11. The van der Waals surface area contributed by atoms with Crippen molar-refractivity contribution < 1.29 is 47.7 Å². The van der Waals surface area contributed by atoms with Crippen LogP contribution in [0.5, 0.6) is 5.75 Å². The molecular formula is C15H10Cl4OTi. The molecule has 1 atom stereocenters. The quantitative estimate of drug-likeness (QED) is 0.615. The first-order chi connectivity index (χ1) is 9.25. The second-order valence-electron chi connectivity index (χ2n) is 4.24. The maximum absolute atomic E-state index is 6.11. The van der Waals surface area contributed by atoms with Crippen LogP contribution in [0.15, 0.2) is 48.5 Å². The molecule has 1 aliphatic rings. The van der Waals surface area contributed by atoms with Crippen LogP contribution >= 0.6 is 23.2 Å². The van der Waals surface area contributed by atoms with Crippen molar-refractivity contribution in [3.05, 3.63) is 69.7 Å². The second kappa shape index (κ2) is 8.48. The summed E-state index contributed by atoms with van der Waals surface area (Å²) in [6.07, 6.45) is 4.36. The summed E-state index contributed by atoms with van der Waals surface area (Å²) in [6, 6.07) is 13.8. The standard InChI is InChI=1S/C9H7.C6H4Cl2O.2ClH.Ti/c1-2-5-9-7-3-6-8(9)4-1;7-4-2-1-3-5(8)6(4)9;;;/h1-7H;1-3,9H;2*1H;/q;;;;+3/p-3. The van der Waals surface area contributed by atoms with Gasteiger partial charge in [-0.15, -0.1) is 0 Å². The van der Waals surface area contributed by atoms with E-state index in [1.165, 1.54) is 11.1 Å². The van der Waals surface area contributed by atoms with Crippen LogP contribution in [-0.2, 0) is 19.5 Å². The van der Waals surface area contributed by atoms with Gasteiger partial charge in [-0.1, -0.05) is 0 Å². The molecule has 0 saturated carbocycles. The van der Waals surface area contributed by atoms with Crippen molar-refractivity contribution in [2.24, 2.45) is 0 Å². The van der Waals surface area contributed by atoms with E-state index in [4.69, 9.17) is 26.5 Å². The van der Waals surface area contributed by atoms with E-state index in [-0.39, 0.29) is 24.8 Å². The molecule has 2 aromatic carbocycles. The first kappa shape index (κ1) is 18.9. The van der Waals surface area contributed by atoms with Gasteiger partial charge in [0.15, 0.2) is 0 Å². The third-order valence-electron chi connectivity index (χ3n) is 3.01. The summed E-state index contributed by atoms with van der Waals surface area (Å²) in [5, 5.41) is 1.15. The van der Waals surface area contributed by atoms with E-state index < -0.39 is 19.5 Å². The Morgan fingerprint density at radius 1 is 0.905 bits per heavy atom. The third-order valence-corrected chi connectivity index (χ3v) is 5.29. The van der Waals surface area contributed by atoms with Gasteiger partial charge in [-0.3, -0.25) is 0 Å². The molecule has 1 aliphatic carbocycles. The molecule has 21 heavy (non-hydrogen) atoms. The van der Waals surface area contributed by atoms with Crippen molar-refractivity contribution in [3.8, 4) is 5.75 Å². The van der Waals surface area contributed by atoms with Gasteiger partial charge in [0.25, 0.3) is 0 Å². The number of fused-ring (bicyclic) bond motifs is 1. The molecule has 0 saturated heterocycles. The number of allylic oxidation sites excluding steroid dienone is 1. The Balaban J connectivity index is 0.00000110. The van der Waals surface area contributed by atoms with Crippen LogP contribution in [0.3, 0.4) is 0 Å². The summed E-state index contributed by atoms with van der Waals surface area (Å²) < 4.78 is 6.30. The van der Waals surface area contributed by atoms with Crippen molar-refractivity contribution in [2.75, 3.05) is 0 Å². The van der Waals surface area contributed by atoms with E-state index in [0.717, 1.165) is 0 Å². The number of halogens is 4. The molecular weight excluding hydrogens is 386 g/mol. The van der Waals surface area contributed by atoms with Crippen LogP contribution in [0.1, 0.15) is 15.3 Å². The van der Waals surface area contributed by atoms with Crippen molar-refractivity contribution in [3.63, 3.8) is 0 Å². The summed E-state index contributed by atoms with van der Waals surface area (Å²) >= 11 is 11.5. The molecule has 0 fully saturated rings. The fraction of sp³-hybridized carbons (Fsp3) is 0.0667. The van der Waals surface area contributed by atoms with E-state index in [1.54, 1.807) is 12.1 Å². The van der Waals surface area contributed by atoms with E-state index in [9.17, 15) is 0 Å². The minimum absolute atomic E-state index is 0. The zero-order valence-electron chi connectivity index (χ0n) is 10.7. The third kappa shape index (κ3) is 4.19. The molecule has 1 nitrogen and oxygen atoms in total. The SMILES string of the molecule is Clc1cccc(Cl)c1[O][Ti+2][CH]1C=Cc2ccccc21.[Cl-].[Cl-]. The van der Waals surface area contributed by atoms with Crippen LogP contribution in [-0.4, -0.2) is 0 Å². The minimum Gasteiger partial charge on any atom is -1.00 e. The summed E-state index contributed by atoms with van der Waals surface area (Å²) in [4.78, 5) is 0. The number of benzene rings is 2. The molecule has 108 valence electrons. The molecule has 0 N–H and O–H groups in total. The Bertz CT molecular complexity index is 625. The first-order valence-corrected chi connectivity index (χ1v) is 8.19. The number of hydrogen-bond acceptors (Lipinski definition) is 1. The molecule has 0 amide bonds. The van der Waals surface area contributed by atoms with Gasteiger partial charge in [0.1, 0.15) is 0 Å². The maximum Gasteiger partial charge on any atom is -1.00 e. The molecule has 0 heterocycles. The van der Waals surface area contributed by atoms with Crippen LogP contribution in [0, 0.1) is 0 Å². The number of hydrogen-bond donors (Lipinski definition) is 0.